The molecule has 0 N–H and O–H groups in total. The number of amides is 1. The van der Waals surface area contributed by atoms with Crippen molar-refractivity contribution in [3.63, 3.8) is 0 Å². The molecule has 1 fully saturated rings. The van der Waals surface area contributed by atoms with Crippen LogP contribution in [0.25, 0.3) is 16.8 Å². The number of carbonyl (C=O) groups is 1. The molecule has 0 saturated carbocycles. The Morgan fingerprint density at radius 2 is 1.93 bits per heavy atom. The van der Waals surface area contributed by atoms with Crippen LogP contribution < -0.4 is 14.4 Å². The SMILES string of the molecule is CCOc1cc(/C=C2\SC(=S)N(c3cccc4ccccc34)C2=O)cc(Br)c1OC. The molecule has 4 rings (SSSR count). The average Bonchev–Trinajstić information content (AvgIpc) is 3.00. The third-order valence-electron chi connectivity index (χ3n) is 4.63. The number of methoxy groups -OCH3 is 1. The summed E-state index contributed by atoms with van der Waals surface area (Å²) < 4.78 is 12.4. The van der Waals surface area contributed by atoms with E-state index in [0.717, 1.165) is 26.5 Å². The van der Waals surface area contributed by atoms with Crippen LogP contribution in [0.15, 0.2) is 64.0 Å². The lowest BCUT2D eigenvalue weighted by atomic mass is 10.1. The second-order valence-corrected chi connectivity index (χ2v) is 9.01. The van der Waals surface area contributed by atoms with Crippen molar-refractivity contribution in [3.8, 4) is 11.5 Å². The van der Waals surface area contributed by atoms with Gasteiger partial charge in [-0.05, 0) is 58.1 Å². The summed E-state index contributed by atoms with van der Waals surface area (Å²) in [6, 6.07) is 17.6. The summed E-state index contributed by atoms with van der Waals surface area (Å²) >= 11 is 10.4. The number of hydrogen-bond acceptors (Lipinski definition) is 5. The Morgan fingerprint density at radius 3 is 2.70 bits per heavy atom. The Bertz CT molecular complexity index is 1190. The van der Waals surface area contributed by atoms with Gasteiger partial charge < -0.3 is 9.47 Å². The number of nitrogens with zero attached hydrogens (tertiary/aromatic N) is 1. The van der Waals surface area contributed by atoms with Crippen molar-refractivity contribution in [2.45, 2.75) is 6.92 Å². The van der Waals surface area contributed by atoms with Crippen molar-refractivity contribution in [1.29, 1.82) is 0 Å². The fourth-order valence-corrected chi connectivity index (χ4v) is 5.27. The Labute approximate surface area is 193 Å². The van der Waals surface area contributed by atoms with E-state index in [0.29, 0.717) is 27.3 Å². The summed E-state index contributed by atoms with van der Waals surface area (Å²) in [4.78, 5) is 15.4. The average molecular weight is 500 g/mol. The Balaban J connectivity index is 1.73. The van der Waals surface area contributed by atoms with Crippen molar-refractivity contribution in [3.05, 3.63) is 69.5 Å². The van der Waals surface area contributed by atoms with Crippen LogP contribution in [0.5, 0.6) is 11.5 Å². The maximum absolute atomic E-state index is 13.3. The van der Waals surface area contributed by atoms with Gasteiger partial charge >= 0.3 is 0 Å². The number of rotatable bonds is 5. The molecular weight excluding hydrogens is 482 g/mol. The molecular formula is C23H18BrNO3S2. The molecule has 0 atom stereocenters. The van der Waals surface area contributed by atoms with Gasteiger partial charge in [-0.2, -0.15) is 0 Å². The van der Waals surface area contributed by atoms with E-state index in [1.54, 1.807) is 12.0 Å². The number of anilines is 1. The van der Waals surface area contributed by atoms with Gasteiger partial charge in [-0.3, -0.25) is 9.69 Å². The molecule has 1 amide bonds. The molecule has 30 heavy (non-hydrogen) atoms. The van der Waals surface area contributed by atoms with Crippen LogP contribution >= 0.6 is 39.9 Å². The number of benzene rings is 3. The monoisotopic (exact) mass is 499 g/mol. The van der Waals surface area contributed by atoms with Gasteiger partial charge in [-0.25, -0.2) is 0 Å². The van der Waals surface area contributed by atoms with E-state index in [1.165, 1.54) is 11.8 Å². The summed E-state index contributed by atoms with van der Waals surface area (Å²) in [6.07, 6.45) is 1.83. The van der Waals surface area contributed by atoms with Crippen LogP contribution in [0, 0.1) is 0 Å². The number of halogens is 1. The number of thiocarbonyl (C=S) groups is 1. The first-order valence-corrected chi connectivity index (χ1v) is 11.3. The van der Waals surface area contributed by atoms with E-state index in [-0.39, 0.29) is 5.91 Å². The molecule has 4 nitrogen and oxygen atoms in total. The zero-order chi connectivity index (χ0) is 21.3. The van der Waals surface area contributed by atoms with Gasteiger partial charge in [0.05, 0.1) is 28.8 Å². The van der Waals surface area contributed by atoms with Gasteiger partial charge in [0.25, 0.3) is 5.91 Å². The van der Waals surface area contributed by atoms with Gasteiger partial charge in [-0.1, -0.05) is 60.4 Å². The number of hydrogen-bond donors (Lipinski definition) is 0. The third kappa shape index (κ3) is 3.85. The summed E-state index contributed by atoms with van der Waals surface area (Å²) in [6.45, 7) is 2.42. The zero-order valence-corrected chi connectivity index (χ0v) is 19.6. The van der Waals surface area contributed by atoms with Gasteiger partial charge in [0.15, 0.2) is 15.8 Å². The maximum Gasteiger partial charge on any atom is 0.270 e. The van der Waals surface area contributed by atoms with Crippen molar-refractivity contribution >= 4 is 72.7 Å². The molecule has 3 aromatic carbocycles. The van der Waals surface area contributed by atoms with Crippen LogP contribution in [0.1, 0.15) is 12.5 Å². The fraction of sp³-hybridized carbons (Fsp3) is 0.130. The molecule has 0 radical (unpaired) electrons. The Morgan fingerprint density at radius 1 is 1.17 bits per heavy atom. The normalized spacial score (nSPS) is 15.3. The van der Waals surface area contributed by atoms with Crippen LogP contribution in [-0.4, -0.2) is 23.9 Å². The number of fused-ring (bicyclic) bond motifs is 1. The van der Waals surface area contributed by atoms with Crippen LogP contribution in [0.2, 0.25) is 0 Å². The standard InChI is InChI=1S/C23H18BrNO3S2/c1-3-28-19-12-14(11-17(24)21(19)27-2)13-20-22(26)25(23(29)30-20)18-10-6-8-15-7-4-5-9-16(15)18/h4-13H,3H2,1-2H3/b20-13-. The minimum Gasteiger partial charge on any atom is -0.492 e. The van der Waals surface area contributed by atoms with Crippen molar-refractivity contribution in [1.82, 2.24) is 0 Å². The molecule has 1 aliphatic heterocycles. The molecule has 3 aromatic rings. The quantitative estimate of drug-likeness (QED) is 0.299. The van der Waals surface area contributed by atoms with E-state index in [4.69, 9.17) is 21.7 Å². The van der Waals surface area contributed by atoms with E-state index in [2.05, 4.69) is 15.9 Å². The maximum atomic E-state index is 13.3. The summed E-state index contributed by atoms with van der Waals surface area (Å²) in [5.41, 5.74) is 1.62. The predicted octanol–water partition coefficient (Wildman–Crippen LogP) is 6.42. The lowest BCUT2D eigenvalue weighted by Crippen LogP contribution is -2.27. The van der Waals surface area contributed by atoms with E-state index >= 15 is 0 Å². The molecule has 0 unspecified atom stereocenters. The number of carbonyl (C=O) groups excluding carboxylic acids is 1. The summed E-state index contributed by atoms with van der Waals surface area (Å²) in [5, 5.41) is 2.05. The molecule has 152 valence electrons. The number of thioether (sulfide) groups is 1. The van der Waals surface area contributed by atoms with Gasteiger partial charge in [0.2, 0.25) is 0 Å². The lowest BCUT2D eigenvalue weighted by Gasteiger charge is -2.17. The molecule has 0 aromatic heterocycles. The fourth-order valence-electron chi connectivity index (χ4n) is 3.36. The molecule has 1 saturated heterocycles. The highest BCUT2D eigenvalue weighted by Crippen LogP contribution is 2.41. The van der Waals surface area contributed by atoms with Gasteiger partial charge in [0, 0.05) is 5.39 Å². The molecule has 7 heteroatoms. The molecule has 0 bridgehead atoms. The molecule has 1 aliphatic rings. The minimum absolute atomic E-state index is 0.133. The number of ether oxygens (including phenoxy) is 2. The molecule has 0 spiro atoms. The summed E-state index contributed by atoms with van der Waals surface area (Å²) in [5.74, 6) is 1.11. The van der Waals surface area contributed by atoms with Crippen molar-refractivity contribution in [2.24, 2.45) is 0 Å². The van der Waals surface area contributed by atoms with Crippen LogP contribution in [0.4, 0.5) is 5.69 Å². The Hall–Kier alpha value is -2.35. The summed E-state index contributed by atoms with van der Waals surface area (Å²) in [7, 11) is 1.59. The highest BCUT2D eigenvalue weighted by molar-refractivity contribution is 9.10. The van der Waals surface area contributed by atoms with E-state index in [9.17, 15) is 4.79 Å². The second kappa shape index (κ2) is 8.79. The minimum atomic E-state index is -0.133. The van der Waals surface area contributed by atoms with E-state index < -0.39 is 0 Å². The predicted molar refractivity (Wildman–Crippen MR) is 131 cm³/mol. The third-order valence-corrected chi connectivity index (χ3v) is 6.53. The van der Waals surface area contributed by atoms with Gasteiger partial charge in [0.1, 0.15) is 0 Å². The largest absolute Gasteiger partial charge is 0.492 e. The van der Waals surface area contributed by atoms with Crippen LogP contribution in [-0.2, 0) is 4.79 Å². The first-order chi connectivity index (χ1) is 14.5. The second-order valence-electron chi connectivity index (χ2n) is 6.48. The topological polar surface area (TPSA) is 38.8 Å². The lowest BCUT2D eigenvalue weighted by molar-refractivity contribution is -0.113. The van der Waals surface area contributed by atoms with E-state index in [1.807, 2.05) is 67.6 Å². The van der Waals surface area contributed by atoms with Crippen LogP contribution in [0.3, 0.4) is 0 Å². The highest BCUT2D eigenvalue weighted by Gasteiger charge is 2.34. The molecule has 0 aliphatic carbocycles. The Kier molecular flexibility index (Phi) is 6.13. The smallest absolute Gasteiger partial charge is 0.270 e. The van der Waals surface area contributed by atoms with Gasteiger partial charge in [-0.15, -0.1) is 0 Å². The highest BCUT2D eigenvalue weighted by atomic mass is 79.9. The first kappa shape index (κ1) is 20.9. The van der Waals surface area contributed by atoms with Crippen molar-refractivity contribution in [2.75, 3.05) is 18.6 Å². The molecule has 1 heterocycles. The zero-order valence-electron chi connectivity index (χ0n) is 16.3. The van der Waals surface area contributed by atoms with Crippen molar-refractivity contribution < 1.29 is 14.3 Å². The first-order valence-electron chi connectivity index (χ1n) is 9.29.